The first-order valence-corrected chi connectivity index (χ1v) is 13.4. The lowest BCUT2D eigenvalue weighted by Gasteiger charge is -2.32. The van der Waals surface area contributed by atoms with Crippen molar-refractivity contribution in [3.05, 3.63) is 114 Å². The van der Waals surface area contributed by atoms with Crippen molar-refractivity contribution in [2.24, 2.45) is 0 Å². The molecule has 0 aromatic heterocycles. The molecule has 0 N–H and O–H groups in total. The topological polar surface area (TPSA) is 12.5 Å². The Kier molecular flexibility index (Phi) is 6.28. The lowest BCUT2D eigenvalue weighted by Crippen LogP contribution is -2.37. The van der Waals surface area contributed by atoms with Gasteiger partial charge in [0.05, 0.1) is 24.1 Å². The van der Waals surface area contributed by atoms with Crippen molar-refractivity contribution in [1.82, 2.24) is 4.90 Å². The summed E-state index contributed by atoms with van der Waals surface area (Å²) in [6.07, 6.45) is 3.72. The van der Waals surface area contributed by atoms with Gasteiger partial charge < -0.3 is 4.74 Å². The monoisotopic (exact) mass is 454 g/mol. The maximum Gasteiger partial charge on any atom is 0.0785 e. The van der Waals surface area contributed by atoms with E-state index in [0.29, 0.717) is 23.1 Å². The zero-order chi connectivity index (χ0) is 22.0. The second-order valence-electron chi connectivity index (χ2n) is 9.75. The summed E-state index contributed by atoms with van der Waals surface area (Å²) in [5.74, 6) is 2.94. The van der Waals surface area contributed by atoms with Gasteiger partial charge in [-0.15, -0.1) is 11.8 Å². The molecule has 3 heterocycles. The van der Waals surface area contributed by atoms with Crippen LogP contribution >= 0.6 is 11.8 Å². The first kappa shape index (κ1) is 21.5. The number of ether oxygens (including phenoxy) is 1. The van der Waals surface area contributed by atoms with Crippen molar-refractivity contribution >= 4 is 11.8 Å². The van der Waals surface area contributed by atoms with Gasteiger partial charge in [0.1, 0.15) is 0 Å². The molecule has 5 unspecified atom stereocenters. The largest absolute Gasteiger partial charge is 0.376 e. The molecule has 3 heteroatoms. The summed E-state index contributed by atoms with van der Waals surface area (Å²) in [4.78, 5) is 2.75. The van der Waals surface area contributed by atoms with Crippen LogP contribution in [-0.2, 0) is 4.74 Å². The van der Waals surface area contributed by atoms with E-state index in [1.54, 1.807) is 6.04 Å². The van der Waals surface area contributed by atoms with Gasteiger partial charge in [0, 0.05) is 18.2 Å². The summed E-state index contributed by atoms with van der Waals surface area (Å²) >= 11 is 2.15. The average Bonchev–Trinajstić information content (AvgIpc) is 3.65. The fraction of sp³-hybridized carbons (Fsp3) is 0.367. The lowest BCUT2D eigenvalue weighted by atomic mass is 9.90. The Bertz CT molecular complexity index is 961. The third-order valence-corrected chi connectivity index (χ3v) is 9.17. The Hall–Kier alpha value is -2.07. The van der Waals surface area contributed by atoms with Gasteiger partial charge in [-0.2, -0.15) is 0 Å². The maximum atomic E-state index is 6.50. The van der Waals surface area contributed by atoms with E-state index in [4.69, 9.17) is 4.74 Å². The summed E-state index contributed by atoms with van der Waals surface area (Å²) in [5, 5.41) is 0.554. The summed E-state index contributed by atoms with van der Waals surface area (Å²) < 4.78 is 6.50. The molecule has 0 bridgehead atoms. The predicted molar refractivity (Wildman–Crippen MR) is 137 cm³/mol. The van der Waals surface area contributed by atoms with Crippen LogP contribution in [0.3, 0.4) is 0 Å². The van der Waals surface area contributed by atoms with Crippen LogP contribution in [0, 0.1) is 6.04 Å². The van der Waals surface area contributed by atoms with Gasteiger partial charge in [0.25, 0.3) is 0 Å². The van der Waals surface area contributed by atoms with Gasteiger partial charge >= 0.3 is 0 Å². The van der Waals surface area contributed by atoms with E-state index < -0.39 is 0 Å². The highest BCUT2D eigenvalue weighted by Gasteiger charge is 2.46. The number of benzene rings is 3. The molecule has 3 saturated heterocycles. The van der Waals surface area contributed by atoms with Gasteiger partial charge in [0.15, 0.2) is 0 Å². The Balaban J connectivity index is 1.21. The van der Waals surface area contributed by atoms with Gasteiger partial charge in [-0.3, -0.25) is 4.90 Å². The van der Waals surface area contributed by atoms with Crippen LogP contribution in [0.2, 0.25) is 0 Å². The normalized spacial score (nSPS) is 30.7. The van der Waals surface area contributed by atoms with Crippen LogP contribution in [0.4, 0.5) is 0 Å². The minimum Gasteiger partial charge on any atom is -0.376 e. The first-order valence-electron chi connectivity index (χ1n) is 12.4. The highest BCUT2D eigenvalue weighted by molar-refractivity contribution is 8.00. The predicted octanol–water partition coefficient (Wildman–Crippen LogP) is 6.83. The number of hydrogen-bond donors (Lipinski definition) is 0. The molecule has 3 aromatic rings. The second kappa shape index (κ2) is 9.66. The van der Waals surface area contributed by atoms with Gasteiger partial charge in [-0.25, -0.2) is 0 Å². The smallest absolute Gasteiger partial charge is 0.0785 e. The molecule has 3 aliphatic rings. The van der Waals surface area contributed by atoms with Crippen LogP contribution < -0.4 is 0 Å². The second-order valence-corrected chi connectivity index (χ2v) is 11.0. The molecule has 0 amide bonds. The lowest BCUT2D eigenvalue weighted by molar-refractivity contribution is 0.0823. The standard InChI is InChI=1S/C30H32NOS/c1-4-10-22(11-5-1)25-16-28(29-17-26(20-32-29)23-12-6-2-7-13-23)31(19-25)30-18-27(21-33-30)24-14-8-3-9-15-24/h1-15,25-27,29-30H,16-21H2. The third kappa shape index (κ3) is 4.51. The molecule has 0 spiro atoms. The minimum atomic E-state index is 0.250. The van der Waals surface area contributed by atoms with E-state index in [0.717, 1.165) is 26.0 Å². The third-order valence-electron chi connectivity index (χ3n) is 7.75. The molecule has 2 nitrogen and oxygen atoms in total. The molecule has 3 aromatic carbocycles. The molecule has 0 saturated carbocycles. The molecule has 33 heavy (non-hydrogen) atoms. The van der Waals surface area contributed by atoms with E-state index >= 15 is 0 Å². The van der Waals surface area contributed by atoms with Gasteiger partial charge in [-0.1, -0.05) is 91.0 Å². The fourth-order valence-electron chi connectivity index (χ4n) is 5.95. The first-order chi connectivity index (χ1) is 16.3. The summed E-state index contributed by atoms with van der Waals surface area (Å²) in [5.41, 5.74) is 4.39. The number of likely N-dealkylation sites (tertiary alicyclic amines) is 1. The average molecular weight is 455 g/mol. The highest BCUT2D eigenvalue weighted by Crippen LogP contribution is 2.50. The molecule has 6 rings (SSSR count). The summed E-state index contributed by atoms with van der Waals surface area (Å²) in [7, 11) is 0. The molecule has 3 aliphatic heterocycles. The van der Waals surface area contributed by atoms with E-state index in [9.17, 15) is 0 Å². The summed E-state index contributed by atoms with van der Waals surface area (Å²) in [6.45, 7) is 1.96. The van der Waals surface area contributed by atoms with Gasteiger partial charge in [-0.05, 0) is 47.8 Å². The zero-order valence-corrected chi connectivity index (χ0v) is 19.9. The molecule has 3 fully saturated rings. The van der Waals surface area contributed by atoms with Crippen molar-refractivity contribution in [2.75, 3.05) is 18.9 Å². The maximum absolute atomic E-state index is 6.50. The van der Waals surface area contributed by atoms with E-state index in [2.05, 4.69) is 108 Å². The van der Waals surface area contributed by atoms with Crippen LogP contribution in [-0.4, -0.2) is 35.3 Å². The number of nitrogens with zero attached hydrogens (tertiary/aromatic N) is 1. The number of hydrogen-bond acceptors (Lipinski definition) is 3. The van der Waals surface area contributed by atoms with Crippen molar-refractivity contribution in [2.45, 2.75) is 48.5 Å². The molecule has 1 radical (unpaired) electrons. The van der Waals surface area contributed by atoms with E-state index in [-0.39, 0.29) is 6.10 Å². The highest BCUT2D eigenvalue weighted by atomic mass is 32.2. The zero-order valence-electron chi connectivity index (χ0n) is 19.1. The fourth-order valence-corrected chi connectivity index (χ4v) is 7.51. The summed E-state index contributed by atoms with van der Waals surface area (Å²) in [6, 6.07) is 34.7. The van der Waals surface area contributed by atoms with Crippen LogP contribution in [0.25, 0.3) is 0 Å². The Morgan fingerprint density at radius 2 is 1.24 bits per heavy atom. The van der Waals surface area contributed by atoms with E-state index in [1.807, 2.05) is 0 Å². The van der Waals surface area contributed by atoms with E-state index in [1.165, 1.54) is 28.9 Å². The SMILES string of the molecule is c1ccc(C2COC([C]3CC(c4ccccc4)CN3C3CC(c4ccccc4)CS3)C2)cc1. The van der Waals surface area contributed by atoms with Gasteiger partial charge in [0.2, 0.25) is 0 Å². The van der Waals surface area contributed by atoms with Crippen LogP contribution in [0.1, 0.15) is 53.7 Å². The molecular formula is C30H32NOS. The van der Waals surface area contributed by atoms with Crippen LogP contribution in [0.5, 0.6) is 0 Å². The number of thioether (sulfide) groups is 1. The van der Waals surface area contributed by atoms with Crippen molar-refractivity contribution in [3.8, 4) is 0 Å². The minimum absolute atomic E-state index is 0.250. The Morgan fingerprint density at radius 3 is 1.88 bits per heavy atom. The van der Waals surface area contributed by atoms with Crippen molar-refractivity contribution in [1.29, 1.82) is 0 Å². The van der Waals surface area contributed by atoms with Crippen molar-refractivity contribution < 1.29 is 4.74 Å². The Morgan fingerprint density at radius 1 is 0.667 bits per heavy atom. The molecule has 169 valence electrons. The van der Waals surface area contributed by atoms with Crippen LogP contribution in [0.15, 0.2) is 91.0 Å². The number of rotatable bonds is 5. The Labute approximate surface area is 202 Å². The molecule has 5 atom stereocenters. The van der Waals surface area contributed by atoms with Crippen molar-refractivity contribution in [3.63, 3.8) is 0 Å². The quantitative estimate of drug-likeness (QED) is 0.419. The molecule has 0 aliphatic carbocycles. The molecular weight excluding hydrogens is 422 g/mol.